The van der Waals surface area contributed by atoms with Crippen molar-refractivity contribution < 1.29 is 14.5 Å². The smallest absolute Gasteiger partial charge is 0.320 e. The van der Waals surface area contributed by atoms with E-state index >= 15 is 0 Å². The lowest BCUT2D eigenvalue weighted by atomic mass is 9.91. The SMILES string of the molecule is Cc1[nH]nc(C(=O)Nc2ccc3c(c2)C(C)CC(=O)N3C)c1[N+](=O)[O-]. The van der Waals surface area contributed by atoms with Gasteiger partial charge in [0.1, 0.15) is 5.69 Å². The molecular formula is C16H17N5O4. The van der Waals surface area contributed by atoms with Gasteiger partial charge in [-0.1, -0.05) is 6.92 Å². The van der Waals surface area contributed by atoms with E-state index in [1.807, 2.05) is 6.92 Å². The van der Waals surface area contributed by atoms with Crippen LogP contribution < -0.4 is 10.2 Å². The lowest BCUT2D eigenvalue weighted by Crippen LogP contribution is -2.32. The van der Waals surface area contributed by atoms with E-state index in [1.165, 1.54) is 6.92 Å². The van der Waals surface area contributed by atoms with Crippen LogP contribution in [0, 0.1) is 17.0 Å². The van der Waals surface area contributed by atoms with E-state index in [0.29, 0.717) is 12.1 Å². The lowest BCUT2D eigenvalue weighted by Gasteiger charge is -2.30. The fraction of sp³-hybridized carbons (Fsp3) is 0.312. The number of nitrogens with one attached hydrogen (secondary N) is 2. The van der Waals surface area contributed by atoms with Gasteiger partial charge in [0.05, 0.1) is 4.92 Å². The van der Waals surface area contributed by atoms with Crippen LogP contribution in [0.3, 0.4) is 0 Å². The van der Waals surface area contributed by atoms with E-state index in [0.717, 1.165) is 11.3 Å². The third kappa shape index (κ3) is 2.84. The largest absolute Gasteiger partial charge is 0.322 e. The second kappa shape index (κ2) is 6.00. The number of carbonyl (C=O) groups excluding carboxylic acids is 2. The minimum Gasteiger partial charge on any atom is -0.320 e. The van der Waals surface area contributed by atoms with Crippen molar-refractivity contribution in [2.24, 2.45) is 0 Å². The maximum Gasteiger partial charge on any atom is 0.322 e. The first-order valence-electron chi connectivity index (χ1n) is 7.70. The summed E-state index contributed by atoms with van der Waals surface area (Å²) in [7, 11) is 1.71. The second-order valence-corrected chi connectivity index (χ2v) is 6.09. The summed E-state index contributed by atoms with van der Waals surface area (Å²) in [6.07, 6.45) is 0.394. The molecule has 2 heterocycles. The quantitative estimate of drug-likeness (QED) is 0.654. The molecule has 2 aromatic rings. The number of hydrogen-bond acceptors (Lipinski definition) is 5. The number of aromatic amines is 1. The van der Waals surface area contributed by atoms with Gasteiger partial charge in [0.25, 0.3) is 5.91 Å². The van der Waals surface area contributed by atoms with Crippen LogP contribution in [0.1, 0.15) is 41.0 Å². The molecule has 0 radical (unpaired) electrons. The number of nitro groups is 1. The molecule has 3 rings (SSSR count). The first-order chi connectivity index (χ1) is 11.8. The predicted octanol–water partition coefficient (Wildman–Crippen LogP) is 2.35. The number of benzene rings is 1. The van der Waals surface area contributed by atoms with E-state index < -0.39 is 10.8 Å². The van der Waals surface area contributed by atoms with Gasteiger partial charge in [-0.3, -0.25) is 24.8 Å². The number of anilines is 2. The van der Waals surface area contributed by atoms with Crippen LogP contribution in [-0.2, 0) is 4.79 Å². The molecule has 1 atom stereocenters. The fourth-order valence-electron chi connectivity index (χ4n) is 2.97. The van der Waals surface area contributed by atoms with Crippen LogP contribution in [-0.4, -0.2) is 34.0 Å². The summed E-state index contributed by atoms with van der Waals surface area (Å²) in [5, 5.41) is 19.9. The van der Waals surface area contributed by atoms with E-state index in [4.69, 9.17) is 0 Å². The highest BCUT2D eigenvalue weighted by molar-refractivity contribution is 6.06. The van der Waals surface area contributed by atoms with Crippen molar-refractivity contribution in [2.45, 2.75) is 26.2 Å². The number of amides is 2. The van der Waals surface area contributed by atoms with E-state index in [1.54, 1.807) is 30.1 Å². The third-order valence-electron chi connectivity index (χ3n) is 4.35. The van der Waals surface area contributed by atoms with Crippen molar-refractivity contribution in [1.29, 1.82) is 0 Å². The standard InChI is InChI=1S/C16H17N5O4/c1-8-6-13(22)20(3)12-5-4-10(7-11(8)12)17-16(23)14-15(21(24)25)9(2)18-19-14/h4-5,7-8H,6H2,1-3H3,(H,17,23)(H,18,19). The summed E-state index contributed by atoms with van der Waals surface area (Å²) in [6.45, 7) is 3.42. The van der Waals surface area contributed by atoms with Gasteiger partial charge in [-0.05, 0) is 36.6 Å². The fourth-order valence-corrected chi connectivity index (χ4v) is 2.97. The summed E-state index contributed by atoms with van der Waals surface area (Å²) in [4.78, 5) is 36.3. The van der Waals surface area contributed by atoms with Gasteiger partial charge in [-0.25, -0.2) is 0 Å². The molecule has 1 unspecified atom stereocenters. The van der Waals surface area contributed by atoms with Crippen LogP contribution in [0.15, 0.2) is 18.2 Å². The number of H-pyrrole nitrogens is 1. The Morgan fingerprint density at radius 1 is 1.48 bits per heavy atom. The molecule has 1 aromatic heterocycles. The van der Waals surface area contributed by atoms with Crippen molar-refractivity contribution in [3.63, 3.8) is 0 Å². The topological polar surface area (TPSA) is 121 Å². The highest BCUT2D eigenvalue weighted by atomic mass is 16.6. The van der Waals surface area contributed by atoms with Gasteiger partial charge in [0.15, 0.2) is 0 Å². The normalized spacial score (nSPS) is 16.5. The molecule has 25 heavy (non-hydrogen) atoms. The Hall–Kier alpha value is -3.23. The Labute approximate surface area is 143 Å². The van der Waals surface area contributed by atoms with Crippen LogP contribution in [0.25, 0.3) is 0 Å². The van der Waals surface area contributed by atoms with Crippen LogP contribution in [0.2, 0.25) is 0 Å². The molecule has 2 amide bonds. The zero-order valence-corrected chi connectivity index (χ0v) is 14.0. The number of aryl methyl sites for hydroxylation is 1. The molecule has 0 spiro atoms. The van der Waals surface area contributed by atoms with Crippen molar-refractivity contribution in [1.82, 2.24) is 10.2 Å². The monoisotopic (exact) mass is 343 g/mol. The molecule has 0 saturated heterocycles. The van der Waals surface area contributed by atoms with Gasteiger partial charge >= 0.3 is 5.69 Å². The molecule has 1 aliphatic heterocycles. The van der Waals surface area contributed by atoms with Crippen LogP contribution >= 0.6 is 0 Å². The minimum atomic E-state index is -0.663. The van der Waals surface area contributed by atoms with E-state index in [9.17, 15) is 19.7 Å². The van der Waals surface area contributed by atoms with Crippen LogP contribution in [0.5, 0.6) is 0 Å². The molecule has 9 heteroatoms. The molecular weight excluding hydrogens is 326 g/mol. The van der Waals surface area contributed by atoms with E-state index in [2.05, 4.69) is 15.5 Å². The Morgan fingerprint density at radius 2 is 2.20 bits per heavy atom. The highest BCUT2D eigenvalue weighted by Crippen LogP contribution is 2.36. The van der Waals surface area contributed by atoms with Crippen LogP contribution in [0.4, 0.5) is 17.1 Å². The van der Waals surface area contributed by atoms with Crippen molar-refractivity contribution in [2.75, 3.05) is 17.3 Å². The lowest BCUT2D eigenvalue weighted by molar-refractivity contribution is -0.385. The summed E-state index contributed by atoms with van der Waals surface area (Å²) in [6, 6.07) is 5.19. The molecule has 2 N–H and O–H groups in total. The third-order valence-corrected chi connectivity index (χ3v) is 4.35. The van der Waals surface area contributed by atoms with Gasteiger partial charge in [0.2, 0.25) is 11.6 Å². The average Bonchev–Trinajstić information content (AvgIpc) is 2.94. The molecule has 0 saturated carbocycles. The number of aromatic nitrogens is 2. The maximum absolute atomic E-state index is 12.4. The molecule has 0 aliphatic carbocycles. The molecule has 0 bridgehead atoms. The predicted molar refractivity (Wildman–Crippen MR) is 90.8 cm³/mol. The van der Waals surface area contributed by atoms with Gasteiger partial charge in [-0.15, -0.1) is 0 Å². The number of rotatable bonds is 3. The van der Waals surface area contributed by atoms with Crippen molar-refractivity contribution in [3.8, 4) is 0 Å². The van der Waals surface area contributed by atoms with E-state index in [-0.39, 0.29) is 28.9 Å². The minimum absolute atomic E-state index is 0.0255. The van der Waals surface area contributed by atoms with Gasteiger partial charge in [-0.2, -0.15) is 5.10 Å². The number of fused-ring (bicyclic) bond motifs is 1. The summed E-state index contributed by atoms with van der Waals surface area (Å²) in [5.41, 5.74) is 1.84. The second-order valence-electron chi connectivity index (χ2n) is 6.09. The summed E-state index contributed by atoms with van der Waals surface area (Å²) in [5.74, 6) is -0.596. The molecule has 9 nitrogen and oxygen atoms in total. The number of carbonyl (C=O) groups is 2. The number of nitrogens with zero attached hydrogens (tertiary/aromatic N) is 3. The zero-order valence-electron chi connectivity index (χ0n) is 14.0. The maximum atomic E-state index is 12.4. The first-order valence-corrected chi connectivity index (χ1v) is 7.70. The molecule has 0 fully saturated rings. The summed E-state index contributed by atoms with van der Waals surface area (Å²) >= 11 is 0. The van der Waals surface area contributed by atoms with Gasteiger partial charge < -0.3 is 10.2 Å². The Balaban J connectivity index is 1.90. The zero-order chi connectivity index (χ0) is 18.3. The molecule has 130 valence electrons. The van der Waals surface area contributed by atoms with Gasteiger partial charge in [0, 0.05) is 24.8 Å². The Morgan fingerprint density at radius 3 is 2.88 bits per heavy atom. The van der Waals surface area contributed by atoms with Crippen molar-refractivity contribution in [3.05, 3.63) is 45.3 Å². The molecule has 1 aromatic carbocycles. The first kappa shape index (κ1) is 16.6. The summed E-state index contributed by atoms with van der Waals surface area (Å²) < 4.78 is 0. The Kier molecular flexibility index (Phi) is 3.99. The van der Waals surface area contributed by atoms with Crippen molar-refractivity contribution >= 4 is 28.9 Å². The number of hydrogen-bond donors (Lipinski definition) is 2. The average molecular weight is 343 g/mol. The Bertz CT molecular complexity index is 889. The molecule has 1 aliphatic rings. The highest BCUT2D eigenvalue weighted by Gasteiger charge is 2.29.